The van der Waals surface area contributed by atoms with Crippen LogP contribution < -0.4 is 0 Å². The van der Waals surface area contributed by atoms with Gasteiger partial charge in [0.1, 0.15) is 0 Å². The Morgan fingerprint density at radius 3 is 0.714 bits per heavy atom. The van der Waals surface area contributed by atoms with Crippen LogP contribution in [0.3, 0.4) is 0 Å². The molecule has 0 aromatic carbocycles. The molecule has 0 atom stereocenters. The maximum Gasteiger partial charge on any atom is 0.295 e. The molecule has 0 amide bonds. The largest absolute Gasteiger partial charge is 0.295 e. The first-order chi connectivity index (χ1) is 8.89. The van der Waals surface area contributed by atoms with Gasteiger partial charge in [-0.3, -0.25) is 0 Å². The first-order valence-electron chi connectivity index (χ1n) is 4.34. The Balaban J connectivity index is 6.09. The fourth-order valence-corrected chi connectivity index (χ4v) is 216. The molecular weight excluding hydrogens is 693 g/mol. The number of halogens is 14. The maximum atomic E-state index is 6.42. The predicted octanol–water partition coefficient (Wildman–Crippen LogP) is 6.45. The summed E-state index contributed by atoms with van der Waals surface area (Å²) in [5.41, 5.74) is -18.8. The van der Waals surface area contributed by atoms with Crippen molar-refractivity contribution in [2.45, 2.75) is 0 Å². The van der Waals surface area contributed by atoms with Crippen LogP contribution in [-0.4, -0.2) is 42.5 Å². The zero-order valence-corrected chi connectivity index (χ0v) is 26.8. The second kappa shape index (κ2) is 8.94. The van der Waals surface area contributed by atoms with Crippen LogP contribution in [0.1, 0.15) is 0 Å². The number of rotatable bonds is 6. The van der Waals surface area contributed by atoms with Crippen LogP contribution in [0.5, 0.6) is 0 Å². The van der Waals surface area contributed by atoms with Gasteiger partial charge in [-0.25, -0.2) is 0 Å². The van der Waals surface area contributed by atoms with Gasteiger partial charge in [0.15, 0.2) is 0 Å². The highest BCUT2D eigenvalue weighted by molar-refractivity contribution is 8.40. The quantitative estimate of drug-likeness (QED) is 0.222. The van der Waals surface area contributed by atoms with Crippen LogP contribution in [0, 0.1) is 0 Å². The van der Waals surface area contributed by atoms with Gasteiger partial charge in [-0.1, -0.05) is 0 Å². The summed E-state index contributed by atoms with van der Waals surface area (Å²) in [6.45, 7) is -5.39. The summed E-state index contributed by atoms with van der Waals surface area (Å²) in [4.78, 5) is 0. The minimum Gasteiger partial charge on any atom is -0.151 e. The van der Waals surface area contributed by atoms with E-state index in [1.54, 1.807) is 0 Å². The standard InChI is InChI=1S/Cl14H2Si7/c1-15(2)17(5,6)19(9,10)21(13,14)20(11,12)18(7,8)16(3)4/h15-16H. The molecule has 0 heterocycles. The van der Waals surface area contributed by atoms with Crippen molar-refractivity contribution in [1.82, 2.24) is 0 Å². The van der Waals surface area contributed by atoms with Crippen molar-refractivity contribution in [3.63, 3.8) is 0 Å². The third-order valence-corrected chi connectivity index (χ3v) is 176. The first kappa shape index (κ1) is 26.6. The molecule has 0 aromatic heterocycles. The predicted molar refractivity (Wildman–Crippen MR) is 125 cm³/mol. The number of hydrogen-bond donors (Lipinski definition) is 0. The molecular formula is H2Cl14Si7. The highest BCUT2D eigenvalue weighted by Gasteiger charge is 2.83. The fraction of sp³-hybridized carbons (Fsp3) is 0. The fourth-order valence-electron chi connectivity index (χ4n) is 0.890. The lowest BCUT2D eigenvalue weighted by atomic mass is 26.0. The summed E-state index contributed by atoms with van der Waals surface area (Å²) >= 11 is 86.8. The molecule has 128 valence electrons. The van der Waals surface area contributed by atoms with Crippen LogP contribution in [0.15, 0.2) is 0 Å². The van der Waals surface area contributed by atoms with E-state index in [1.165, 1.54) is 0 Å². The molecule has 0 spiro atoms. The molecule has 0 saturated heterocycles. The van der Waals surface area contributed by atoms with Gasteiger partial charge in [-0.15, -0.1) is 111 Å². The van der Waals surface area contributed by atoms with Crippen LogP contribution in [0.4, 0.5) is 0 Å². The molecule has 0 fully saturated rings. The van der Waals surface area contributed by atoms with Gasteiger partial charge in [0.2, 0.25) is 0 Å². The van der Waals surface area contributed by atoms with Crippen molar-refractivity contribution in [1.29, 1.82) is 0 Å². The molecule has 0 bridgehead atoms. The third kappa shape index (κ3) is 4.95. The van der Waals surface area contributed by atoms with Crippen molar-refractivity contribution in [3.8, 4) is 0 Å². The molecule has 0 aliphatic rings. The van der Waals surface area contributed by atoms with Gasteiger partial charge in [-0.05, 0) is 0 Å². The molecule has 0 rings (SSSR count). The van der Waals surface area contributed by atoms with E-state index in [0.717, 1.165) is 0 Å². The molecule has 0 aliphatic carbocycles. The van der Waals surface area contributed by atoms with Crippen molar-refractivity contribution >= 4 is 198 Å². The lowest BCUT2D eigenvalue weighted by molar-refractivity contribution is 3.16. The molecule has 0 aliphatic heterocycles. The summed E-state index contributed by atoms with van der Waals surface area (Å²) in [7, 11) is 0. The molecule has 0 nitrogen and oxygen atoms in total. The van der Waals surface area contributed by atoms with E-state index in [9.17, 15) is 0 Å². The van der Waals surface area contributed by atoms with E-state index in [2.05, 4.69) is 0 Å². The van der Waals surface area contributed by atoms with Crippen molar-refractivity contribution in [3.05, 3.63) is 0 Å². The van der Waals surface area contributed by atoms with Crippen molar-refractivity contribution in [2.75, 3.05) is 0 Å². The van der Waals surface area contributed by atoms with E-state index < -0.39 is 42.5 Å². The van der Waals surface area contributed by atoms with E-state index in [1.807, 2.05) is 0 Å². The average molecular weight is 695 g/mol. The lowest BCUT2D eigenvalue weighted by Gasteiger charge is -2.43. The van der Waals surface area contributed by atoms with E-state index in [4.69, 9.17) is 155 Å². The lowest BCUT2D eigenvalue weighted by Crippen LogP contribution is -2.80. The second-order valence-electron chi connectivity index (χ2n) is 3.57. The Labute approximate surface area is 194 Å². The molecule has 0 unspecified atom stereocenters. The molecule has 0 saturated carbocycles. The maximum absolute atomic E-state index is 6.42. The Hall–Kier alpha value is 5.58. The van der Waals surface area contributed by atoms with Gasteiger partial charge in [0.05, 0.1) is 0 Å². The summed E-state index contributed by atoms with van der Waals surface area (Å²) in [5.74, 6) is 0. The normalized spacial score (nSPS) is 16.0. The van der Waals surface area contributed by atoms with E-state index in [0.29, 0.717) is 0 Å². The molecule has 0 radical (unpaired) electrons. The van der Waals surface area contributed by atoms with Crippen LogP contribution in [0.2, 0.25) is 0 Å². The highest BCUT2D eigenvalue weighted by atomic mass is 35.8. The third-order valence-electron chi connectivity index (χ3n) is 2.17. The van der Waals surface area contributed by atoms with E-state index in [-0.39, 0.29) is 0 Å². The zero-order valence-electron chi connectivity index (χ0n) is 8.95. The monoisotopic (exact) mass is 687 g/mol. The highest BCUT2D eigenvalue weighted by Crippen LogP contribution is 2.56. The van der Waals surface area contributed by atoms with Gasteiger partial charge >= 0.3 is 0 Å². The van der Waals surface area contributed by atoms with Crippen LogP contribution in [0.25, 0.3) is 0 Å². The summed E-state index contributed by atoms with van der Waals surface area (Å²) < 4.78 is 0. The van der Waals surface area contributed by atoms with Gasteiger partial charge in [-0.2, -0.15) is 44.3 Å². The average Bonchev–Trinajstić information content (AvgIpc) is 2.27. The van der Waals surface area contributed by atoms with E-state index >= 15 is 0 Å². The summed E-state index contributed by atoms with van der Waals surface area (Å²) in [5, 5.41) is 0. The topological polar surface area (TPSA) is 0 Å². The Morgan fingerprint density at radius 1 is 0.381 bits per heavy atom. The van der Waals surface area contributed by atoms with Gasteiger partial charge in [0.25, 0.3) is 42.5 Å². The van der Waals surface area contributed by atoms with Gasteiger partial charge in [0, 0.05) is 0 Å². The molecule has 0 N–H and O–H groups in total. The number of hydrogen-bond acceptors (Lipinski definition) is 0. The summed E-state index contributed by atoms with van der Waals surface area (Å²) in [6, 6.07) is 0. The van der Waals surface area contributed by atoms with Crippen molar-refractivity contribution < 1.29 is 0 Å². The van der Waals surface area contributed by atoms with Crippen molar-refractivity contribution in [2.24, 2.45) is 0 Å². The SMILES string of the molecule is Cl[SiH](Cl)[Si](Cl)(Cl)[Si](Cl)(Cl)[Si](Cl)(Cl)[Si](Cl)(Cl)[Si](Cl)(Cl)[SiH](Cl)Cl. The summed E-state index contributed by atoms with van der Waals surface area (Å²) in [6.07, 6.45) is 0. The van der Waals surface area contributed by atoms with Crippen LogP contribution >= 0.6 is 155 Å². The van der Waals surface area contributed by atoms with Gasteiger partial charge < -0.3 is 0 Å². The smallest absolute Gasteiger partial charge is 0.151 e. The molecule has 21 heteroatoms. The minimum absolute atomic E-state index is 2.70. The first-order valence-corrected chi connectivity index (χ1v) is 39.1. The Kier molecular flexibility index (Phi) is 11.3. The second-order valence-corrected chi connectivity index (χ2v) is 96.4. The van der Waals surface area contributed by atoms with Crippen LogP contribution in [-0.2, 0) is 0 Å². The minimum atomic E-state index is -3.94. The molecule has 0 aromatic rings. The Bertz CT molecular complexity index is 334. The Morgan fingerprint density at radius 2 is 0.571 bits per heavy atom. The molecule has 21 heavy (non-hydrogen) atoms. The zero-order chi connectivity index (χ0) is 17.7.